The zero-order valence-electron chi connectivity index (χ0n) is 10.4. The van der Waals surface area contributed by atoms with Crippen molar-refractivity contribution in [2.24, 2.45) is 0 Å². The Morgan fingerprint density at radius 1 is 1.32 bits per heavy atom. The van der Waals surface area contributed by atoms with Gasteiger partial charge in [0.1, 0.15) is 11.6 Å². The summed E-state index contributed by atoms with van der Waals surface area (Å²) in [6.45, 7) is 4.49. The second kappa shape index (κ2) is 5.63. The van der Waals surface area contributed by atoms with Crippen LogP contribution in [0.15, 0.2) is 16.5 Å². The van der Waals surface area contributed by atoms with Gasteiger partial charge in [-0.25, -0.2) is 8.78 Å². The van der Waals surface area contributed by atoms with Crippen molar-refractivity contribution in [3.8, 4) is 11.5 Å². The molecule has 2 aromatic rings. The molecule has 0 fully saturated rings. The maximum atomic E-state index is 13.7. The molecule has 1 heterocycles. The monoisotopic (exact) mass is 287 g/mol. The van der Waals surface area contributed by atoms with Crippen LogP contribution >= 0.6 is 11.6 Å². The van der Waals surface area contributed by atoms with Gasteiger partial charge in [-0.15, -0.1) is 10.2 Å². The van der Waals surface area contributed by atoms with Crippen LogP contribution in [0, 0.1) is 11.6 Å². The highest BCUT2D eigenvalue weighted by atomic mass is 35.5. The molecule has 0 radical (unpaired) electrons. The van der Waals surface area contributed by atoms with Crippen LogP contribution in [0.25, 0.3) is 11.5 Å². The van der Waals surface area contributed by atoms with Crippen LogP contribution in [0.4, 0.5) is 8.78 Å². The van der Waals surface area contributed by atoms with Gasteiger partial charge in [-0.3, -0.25) is 0 Å². The summed E-state index contributed by atoms with van der Waals surface area (Å²) in [5, 5.41) is 10.3. The third-order valence-corrected chi connectivity index (χ3v) is 2.85. The third kappa shape index (κ3) is 2.90. The van der Waals surface area contributed by atoms with Crippen LogP contribution in [0.2, 0.25) is 5.02 Å². The number of hydrogen-bond donors (Lipinski definition) is 1. The van der Waals surface area contributed by atoms with Crippen molar-refractivity contribution < 1.29 is 13.2 Å². The third-order valence-electron chi connectivity index (χ3n) is 2.56. The zero-order chi connectivity index (χ0) is 14.0. The van der Waals surface area contributed by atoms with Crippen LogP contribution in [-0.4, -0.2) is 16.7 Å². The van der Waals surface area contributed by atoms with E-state index in [1.165, 1.54) is 0 Å². The standard InChI is InChI=1S/C12H12ClF2N3O/c1-3-16-6(2)11-17-18-12(19-11)7-4-10(15)8(13)5-9(7)14/h4-6,16H,3H2,1-2H3. The number of hydrogen-bond acceptors (Lipinski definition) is 4. The predicted molar refractivity (Wildman–Crippen MR) is 66.8 cm³/mol. The van der Waals surface area contributed by atoms with Gasteiger partial charge in [0.25, 0.3) is 5.89 Å². The Kier molecular flexibility index (Phi) is 4.11. The van der Waals surface area contributed by atoms with Crippen molar-refractivity contribution in [3.05, 3.63) is 34.7 Å². The highest BCUT2D eigenvalue weighted by Gasteiger charge is 2.18. The molecule has 1 N–H and O–H groups in total. The van der Waals surface area contributed by atoms with Gasteiger partial charge in [0.15, 0.2) is 0 Å². The second-order valence-corrected chi connectivity index (χ2v) is 4.38. The van der Waals surface area contributed by atoms with Crippen molar-refractivity contribution in [3.63, 3.8) is 0 Å². The Morgan fingerprint density at radius 3 is 2.74 bits per heavy atom. The van der Waals surface area contributed by atoms with Gasteiger partial charge in [-0.1, -0.05) is 18.5 Å². The molecular formula is C12H12ClF2N3O. The first-order valence-electron chi connectivity index (χ1n) is 5.74. The quantitative estimate of drug-likeness (QED) is 0.876. The fourth-order valence-corrected chi connectivity index (χ4v) is 1.75. The van der Waals surface area contributed by atoms with Gasteiger partial charge in [0, 0.05) is 0 Å². The maximum absolute atomic E-state index is 13.7. The Morgan fingerprint density at radius 2 is 2.05 bits per heavy atom. The summed E-state index contributed by atoms with van der Waals surface area (Å²) in [4.78, 5) is 0. The molecule has 2 rings (SSSR count). The van der Waals surface area contributed by atoms with Gasteiger partial charge < -0.3 is 9.73 Å². The van der Waals surface area contributed by atoms with Gasteiger partial charge in [0.05, 0.1) is 16.6 Å². The lowest BCUT2D eigenvalue weighted by Gasteiger charge is -2.05. The molecule has 7 heteroatoms. The maximum Gasteiger partial charge on any atom is 0.250 e. The molecule has 0 saturated carbocycles. The summed E-state index contributed by atoms with van der Waals surface area (Å²) in [7, 11) is 0. The minimum atomic E-state index is -0.738. The number of rotatable bonds is 4. The van der Waals surface area contributed by atoms with E-state index in [9.17, 15) is 8.78 Å². The molecule has 0 saturated heterocycles. The van der Waals surface area contributed by atoms with E-state index in [0.29, 0.717) is 5.89 Å². The number of nitrogens with zero attached hydrogens (tertiary/aromatic N) is 2. The summed E-state index contributed by atoms with van der Waals surface area (Å²) in [6.07, 6.45) is 0. The van der Waals surface area contributed by atoms with Crippen molar-refractivity contribution >= 4 is 11.6 Å². The van der Waals surface area contributed by atoms with Crippen molar-refractivity contribution in [2.45, 2.75) is 19.9 Å². The predicted octanol–water partition coefficient (Wildman–Crippen LogP) is 3.34. The smallest absolute Gasteiger partial charge is 0.250 e. The molecule has 0 spiro atoms. The van der Waals surface area contributed by atoms with Crippen molar-refractivity contribution in [1.29, 1.82) is 0 Å². The van der Waals surface area contributed by atoms with Crippen LogP contribution < -0.4 is 5.32 Å². The fraction of sp³-hybridized carbons (Fsp3) is 0.333. The molecule has 19 heavy (non-hydrogen) atoms. The van der Waals surface area contributed by atoms with Crippen LogP contribution in [0.1, 0.15) is 25.8 Å². The van der Waals surface area contributed by atoms with Gasteiger partial charge in [-0.05, 0) is 25.6 Å². The Labute approximate surface area is 113 Å². The number of nitrogens with one attached hydrogen (secondary N) is 1. The summed E-state index contributed by atoms with van der Waals surface area (Å²) >= 11 is 5.48. The van der Waals surface area contributed by atoms with E-state index in [-0.39, 0.29) is 22.5 Å². The average molecular weight is 288 g/mol. The highest BCUT2D eigenvalue weighted by molar-refractivity contribution is 6.30. The molecule has 4 nitrogen and oxygen atoms in total. The van der Waals surface area contributed by atoms with E-state index in [4.69, 9.17) is 16.0 Å². The summed E-state index contributed by atoms with van der Waals surface area (Å²) in [5.41, 5.74) is -0.107. The van der Waals surface area contributed by atoms with Gasteiger partial charge in [-0.2, -0.15) is 0 Å². The van der Waals surface area contributed by atoms with Crippen LogP contribution in [0.3, 0.4) is 0 Å². The minimum Gasteiger partial charge on any atom is -0.419 e. The van der Waals surface area contributed by atoms with Crippen molar-refractivity contribution in [2.75, 3.05) is 6.54 Å². The van der Waals surface area contributed by atoms with Gasteiger partial charge >= 0.3 is 0 Å². The van der Waals surface area contributed by atoms with E-state index in [2.05, 4.69) is 15.5 Å². The van der Waals surface area contributed by atoms with E-state index in [1.54, 1.807) is 0 Å². The first kappa shape index (κ1) is 13.9. The van der Waals surface area contributed by atoms with E-state index in [0.717, 1.165) is 18.7 Å². The minimum absolute atomic E-state index is 0.0761. The lowest BCUT2D eigenvalue weighted by atomic mass is 10.2. The molecule has 1 unspecified atom stereocenters. The Balaban J connectivity index is 2.35. The molecule has 102 valence electrons. The van der Waals surface area contributed by atoms with E-state index in [1.807, 2.05) is 13.8 Å². The summed E-state index contributed by atoms with van der Waals surface area (Å²) in [6, 6.07) is 1.66. The number of benzene rings is 1. The largest absolute Gasteiger partial charge is 0.419 e. The van der Waals surface area contributed by atoms with Crippen molar-refractivity contribution in [1.82, 2.24) is 15.5 Å². The van der Waals surface area contributed by atoms with Crippen LogP contribution in [-0.2, 0) is 0 Å². The molecule has 0 aliphatic heterocycles. The molecule has 0 amide bonds. The van der Waals surface area contributed by atoms with Crippen LogP contribution in [0.5, 0.6) is 0 Å². The molecule has 1 atom stereocenters. The average Bonchev–Trinajstić information content (AvgIpc) is 2.83. The first-order valence-corrected chi connectivity index (χ1v) is 6.12. The fourth-order valence-electron chi connectivity index (χ4n) is 1.60. The summed E-state index contributed by atoms with van der Waals surface area (Å²) < 4.78 is 32.3. The number of aromatic nitrogens is 2. The first-order chi connectivity index (χ1) is 9.02. The van der Waals surface area contributed by atoms with E-state index >= 15 is 0 Å². The molecule has 0 bridgehead atoms. The number of halogens is 3. The summed E-state index contributed by atoms with van der Waals surface area (Å²) in [5.74, 6) is -1.21. The molecule has 0 aliphatic carbocycles. The van der Waals surface area contributed by atoms with E-state index < -0.39 is 11.6 Å². The lowest BCUT2D eigenvalue weighted by molar-refractivity contribution is 0.427. The SMILES string of the molecule is CCNC(C)c1nnc(-c2cc(F)c(Cl)cc2F)o1. The normalized spacial score (nSPS) is 12.7. The molecule has 1 aromatic heterocycles. The zero-order valence-corrected chi connectivity index (χ0v) is 11.1. The lowest BCUT2D eigenvalue weighted by Crippen LogP contribution is -2.17. The molecule has 0 aliphatic rings. The Hall–Kier alpha value is -1.53. The molecular weight excluding hydrogens is 276 g/mol. The highest BCUT2D eigenvalue weighted by Crippen LogP contribution is 2.27. The second-order valence-electron chi connectivity index (χ2n) is 3.97. The molecule has 1 aromatic carbocycles. The van der Waals surface area contributed by atoms with Gasteiger partial charge in [0.2, 0.25) is 5.89 Å². The topological polar surface area (TPSA) is 51.0 Å². The Bertz CT molecular complexity index is 588.